The topological polar surface area (TPSA) is 6.48 Å². The molecule has 2 nitrogen and oxygen atoms in total. The van der Waals surface area contributed by atoms with Crippen LogP contribution in [0.3, 0.4) is 0 Å². The fourth-order valence-electron chi connectivity index (χ4n) is 5.47. The molecule has 0 aliphatic carbocycles. The van der Waals surface area contributed by atoms with E-state index in [1.165, 1.54) is 129 Å². The maximum Gasteiger partial charge on any atom is 0.0161 e. The van der Waals surface area contributed by atoms with E-state index in [1.54, 1.807) is 0 Å². The summed E-state index contributed by atoms with van der Waals surface area (Å²) in [4.78, 5) is 0. The van der Waals surface area contributed by atoms with E-state index in [2.05, 4.69) is 65.4 Å². The summed E-state index contributed by atoms with van der Waals surface area (Å²) in [7, 11) is 0. The SMILES string of the molecule is CCCCC(CC)CN(CC(CC)CCCC)N(CC(CC)CCCC)CC(CC)CCCC. The van der Waals surface area contributed by atoms with Gasteiger partial charge < -0.3 is 0 Å². The smallest absolute Gasteiger partial charge is 0.0161 e. The van der Waals surface area contributed by atoms with Crippen LogP contribution in [0, 0.1) is 23.7 Å². The quantitative estimate of drug-likeness (QED) is 0.120. The van der Waals surface area contributed by atoms with Crippen LogP contribution in [-0.2, 0) is 0 Å². The minimum atomic E-state index is 0.845. The van der Waals surface area contributed by atoms with Crippen LogP contribution in [-0.4, -0.2) is 36.2 Å². The van der Waals surface area contributed by atoms with Gasteiger partial charge in [0.05, 0.1) is 0 Å². The number of rotatable bonds is 25. The van der Waals surface area contributed by atoms with Gasteiger partial charge in [0.2, 0.25) is 0 Å². The van der Waals surface area contributed by atoms with Gasteiger partial charge in [-0.1, -0.05) is 132 Å². The number of nitrogens with zero attached hydrogens (tertiary/aromatic N) is 2. The lowest BCUT2D eigenvalue weighted by Crippen LogP contribution is -2.51. The van der Waals surface area contributed by atoms with E-state index in [4.69, 9.17) is 0 Å². The molecule has 206 valence electrons. The van der Waals surface area contributed by atoms with Gasteiger partial charge in [0.15, 0.2) is 0 Å². The number of unbranched alkanes of at least 4 members (excludes halogenated alkanes) is 4. The molecule has 0 fully saturated rings. The van der Waals surface area contributed by atoms with E-state index in [9.17, 15) is 0 Å². The van der Waals surface area contributed by atoms with E-state index < -0.39 is 0 Å². The van der Waals surface area contributed by atoms with Crippen LogP contribution in [0.1, 0.15) is 158 Å². The van der Waals surface area contributed by atoms with E-state index in [0.29, 0.717) is 0 Å². The molecule has 0 aromatic heterocycles. The van der Waals surface area contributed by atoms with Gasteiger partial charge in [-0.2, -0.15) is 0 Å². The van der Waals surface area contributed by atoms with Gasteiger partial charge in [-0.15, -0.1) is 0 Å². The average Bonchev–Trinajstić information content (AvgIpc) is 2.86. The predicted molar refractivity (Wildman–Crippen MR) is 156 cm³/mol. The van der Waals surface area contributed by atoms with Gasteiger partial charge in [0.25, 0.3) is 0 Å². The maximum absolute atomic E-state index is 2.91. The molecule has 0 aromatic rings. The van der Waals surface area contributed by atoms with Crippen molar-refractivity contribution in [2.24, 2.45) is 23.7 Å². The van der Waals surface area contributed by atoms with E-state index in [-0.39, 0.29) is 0 Å². The largest absolute Gasteiger partial charge is 0.241 e. The summed E-state index contributed by atoms with van der Waals surface area (Å²) >= 11 is 0. The van der Waals surface area contributed by atoms with Gasteiger partial charge in [0, 0.05) is 26.2 Å². The number of hydrogen-bond donors (Lipinski definition) is 0. The van der Waals surface area contributed by atoms with Crippen molar-refractivity contribution in [1.82, 2.24) is 10.0 Å². The molecule has 0 N–H and O–H groups in total. The summed E-state index contributed by atoms with van der Waals surface area (Å²) < 4.78 is 0. The molecule has 2 heteroatoms. The molecule has 4 unspecified atom stereocenters. The van der Waals surface area contributed by atoms with Gasteiger partial charge in [-0.25, -0.2) is 10.0 Å². The highest BCUT2D eigenvalue weighted by molar-refractivity contribution is 4.74. The summed E-state index contributed by atoms with van der Waals surface area (Å²) in [6, 6.07) is 0. The Balaban J connectivity index is 5.84. The summed E-state index contributed by atoms with van der Waals surface area (Å²) in [6.45, 7) is 24.3. The molecule has 34 heavy (non-hydrogen) atoms. The Bertz CT molecular complexity index is 336. The van der Waals surface area contributed by atoms with Crippen molar-refractivity contribution in [3.63, 3.8) is 0 Å². The fraction of sp³-hybridized carbons (Fsp3) is 1.00. The molecule has 0 amide bonds. The monoisotopic (exact) mass is 481 g/mol. The fourth-order valence-corrected chi connectivity index (χ4v) is 5.47. The Hall–Kier alpha value is -0.0800. The molecular formula is C32H68N2. The van der Waals surface area contributed by atoms with E-state index >= 15 is 0 Å². The van der Waals surface area contributed by atoms with Crippen molar-refractivity contribution in [3.8, 4) is 0 Å². The highest BCUT2D eigenvalue weighted by Gasteiger charge is 2.26. The van der Waals surface area contributed by atoms with E-state index in [0.717, 1.165) is 23.7 Å². The molecule has 0 rings (SSSR count). The van der Waals surface area contributed by atoms with Gasteiger partial charge >= 0.3 is 0 Å². The zero-order chi connectivity index (χ0) is 25.6. The Morgan fingerprint density at radius 1 is 0.353 bits per heavy atom. The molecule has 4 atom stereocenters. The third kappa shape index (κ3) is 15.8. The minimum absolute atomic E-state index is 0.845. The molecular weight excluding hydrogens is 412 g/mol. The highest BCUT2D eigenvalue weighted by Crippen LogP contribution is 2.25. The predicted octanol–water partition coefficient (Wildman–Crippen LogP) is 10.4. The summed E-state index contributed by atoms with van der Waals surface area (Å²) in [5, 5.41) is 5.83. The molecule has 0 saturated carbocycles. The van der Waals surface area contributed by atoms with Gasteiger partial charge in [-0.05, 0) is 49.4 Å². The number of hydrazine groups is 1. The molecule has 0 spiro atoms. The lowest BCUT2D eigenvalue weighted by molar-refractivity contribution is -0.0724. The van der Waals surface area contributed by atoms with Crippen LogP contribution in [0.4, 0.5) is 0 Å². The van der Waals surface area contributed by atoms with Crippen molar-refractivity contribution in [2.75, 3.05) is 26.2 Å². The van der Waals surface area contributed by atoms with Crippen LogP contribution >= 0.6 is 0 Å². The molecule has 0 radical (unpaired) electrons. The Morgan fingerprint density at radius 2 is 0.559 bits per heavy atom. The minimum Gasteiger partial charge on any atom is -0.241 e. The number of hydrogen-bond acceptors (Lipinski definition) is 2. The third-order valence-electron chi connectivity index (χ3n) is 8.45. The first kappa shape index (κ1) is 33.9. The van der Waals surface area contributed by atoms with Crippen molar-refractivity contribution in [1.29, 1.82) is 0 Å². The Morgan fingerprint density at radius 3 is 0.706 bits per heavy atom. The van der Waals surface area contributed by atoms with Crippen LogP contribution in [0.25, 0.3) is 0 Å². The van der Waals surface area contributed by atoms with Crippen molar-refractivity contribution in [3.05, 3.63) is 0 Å². The zero-order valence-electron chi connectivity index (χ0n) is 25.3. The Kier molecular flexibility index (Phi) is 23.3. The van der Waals surface area contributed by atoms with Crippen molar-refractivity contribution in [2.45, 2.75) is 158 Å². The zero-order valence-corrected chi connectivity index (χ0v) is 25.3. The summed E-state index contributed by atoms with van der Waals surface area (Å²) in [5.41, 5.74) is 0. The Labute approximate surface area is 218 Å². The van der Waals surface area contributed by atoms with Gasteiger partial charge in [-0.3, -0.25) is 0 Å². The molecule has 0 bridgehead atoms. The van der Waals surface area contributed by atoms with Crippen molar-refractivity contribution >= 4 is 0 Å². The lowest BCUT2D eigenvalue weighted by Gasteiger charge is -2.42. The van der Waals surface area contributed by atoms with Gasteiger partial charge in [0.1, 0.15) is 0 Å². The molecule has 0 aliphatic heterocycles. The standard InChI is InChI=1S/C32H68N2/c1-9-17-21-29(13-5)25-33(26-30(14-6)22-18-10-2)34(27-31(15-7)23-19-11-3)28-32(16-8)24-20-12-4/h29-32H,9-28H2,1-8H3. The van der Waals surface area contributed by atoms with E-state index in [1.807, 2.05) is 0 Å². The summed E-state index contributed by atoms with van der Waals surface area (Å²) in [6.07, 6.45) is 21.8. The second-order valence-corrected chi connectivity index (χ2v) is 11.4. The third-order valence-corrected chi connectivity index (χ3v) is 8.45. The first-order chi connectivity index (χ1) is 16.5. The summed E-state index contributed by atoms with van der Waals surface area (Å²) in [5.74, 6) is 3.38. The highest BCUT2D eigenvalue weighted by atomic mass is 15.6. The first-order valence-corrected chi connectivity index (χ1v) is 16.0. The second-order valence-electron chi connectivity index (χ2n) is 11.4. The molecule has 0 aliphatic rings. The van der Waals surface area contributed by atoms with Crippen LogP contribution in [0.2, 0.25) is 0 Å². The average molecular weight is 481 g/mol. The maximum atomic E-state index is 2.91. The lowest BCUT2D eigenvalue weighted by atomic mass is 9.94. The molecule has 0 aromatic carbocycles. The van der Waals surface area contributed by atoms with Crippen LogP contribution < -0.4 is 0 Å². The second kappa shape index (κ2) is 23.3. The van der Waals surface area contributed by atoms with Crippen molar-refractivity contribution < 1.29 is 0 Å². The van der Waals surface area contributed by atoms with Crippen LogP contribution in [0.15, 0.2) is 0 Å². The van der Waals surface area contributed by atoms with Crippen LogP contribution in [0.5, 0.6) is 0 Å². The molecule has 0 saturated heterocycles. The normalized spacial score (nSPS) is 15.7. The molecule has 0 heterocycles. The first-order valence-electron chi connectivity index (χ1n) is 16.0.